The molecule has 2 aliphatic heterocycles. The summed E-state index contributed by atoms with van der Waals surface area (Å²) in [6, 6.07) is 7.29. The van der Waals surface area contributed by atoms with Gasteiger partial charge < -0.3 is 5.32 Å². The topological polar surface area (TPSA) is 24.9 Å². The highest BCUT2D eigenvalue weighted by Crippen LogP contribution is 2.32. The summed E-state index contributed by atoms with van der Waals surface area (Å²) in [5, 5.41) is 3.54. The van der Waals surface area contributed by atoms with Gasteiger partial charge in [-0.15, -0.1) is 0 Å². The summed E-state index contributed by atoms with van der Waals surface area (Å²) in [5.74, 6) is 0. The third-order valence-electron chi connectivity index (χ3n) is 2.90. The number of nitrogens with one attached hydrogen (secondary N) is 1. The second kappa shape index (κ2) is 2.67. The summed E-state index contributed by atoms with van der Waals surface area (Å²) in [6.07, 6.45) is 6.76. The Kier molecular flexibility index (Phi) is 1.49. The van der Waals surface area contributed by atoms with Gasteiger partial charge in [-0.05, 0) is 30.5 Å². The van der Waals surface area contributed by atoms with Crippen molar-refractivity contribution in [3.8, 4) is 0 Å². The van der Waals surface area contributed by atoms with Crippen LogP contribution in [-0.4, -0.2) is 17.1 Å². The maximum absolute atomic E-state index is 4.37. The summed E-state index contributed by atoms with van der Waals surface area (Å²) in [4.78, 5) is 4.37. The molecule has 1 aromatic heterocycles. The third kappa shape index (κ3) is 1.10. The Morgan fingerprint density at radius 3 is 2.92 bits per heavy atom. The number of fused-ring (bicyclic) bond motifs is 2. The predicted octanol–water partition coefficient (Wildman–Crippen LogP) is 1.60. The fraction of sp³-hybridized carbons (Fsp3) is 0.364. The lowest BCUT2D eigenvalue weighted by molar-refractivity contribution is 0.720. The molecule has 2 heteroatoms. The van der Waals surface area contributed by atoms with Gasteiger partial charge in [0.15, 0.2) is 0 Å². The molecule has 2 aliphatic rings. The van der Waals surface area contributed by atoms with Gasteiger partial charge in [-0.25, -0.2) is 0 Å². The molecule has 0 radical (unpaired) electrons. The third-order valence-corrected chi connectivity index (χ3v) is 2.90. The molecule has 1 aromatic rings. The van der Waals surface area contributed by atoms with Crippen LogP contribution in [0.15, 0.2) is 30.5 Å². The standard InChI is InChI=1S/C11H12N2/c1-2-6-12-10(3-1)9-7-8-4-5-11(9)13-8/h1-3,6-8,11,13H,4-5H2/t8-,11+/m1/s1. The quantitative estimate of drug-likeness (QED) is 0.696. The van der Waals surface area contributed by atoms with Crippen LogP contribution in [0.1, 0.15) is 18.5 Å². The van der Waals surface area contributed by atoms with Crippen LogP contribution >= 0.6 is 0 Å². The van der Waals surface area contributed by atoms with Crippen LogP contribution in [0.5, 0.6) is 0 Å². The average molecular weight is 172 g/mol. The smallest absolute Gasteiger partial charge is 0.0674 e. The van der Waals surface area contributed by atoms with Crippen LogP contribution in [0.4, 0.5) is 0 Å². The summed E-state index contributed by atoms with van der Waals surface area (Å²) in [7, 11) is 0. The first-order valence-corrected chi connectivity index (χ1v) is 4.83. The molecule has 2 atom stereocenters. The van der Waals surface area contributed by atoms with Crippen molar-refractivity contribution in [2.45, 2.75) is 24.9 Å². The highest BCUT2D eigenvalue weighted by atomic mass is 15.0. The highest BCUT2D eigenvalue weighted by Gasteiger charge is 2.32. The molecule has 13 heavy (non-hydrogen) atoms. The number of hydrogen-bond acceptors (Lipinski definition) is 2. The van der Waals surface area contributed by atoms with Crippen molar-refractivity contribution in [3.05, 3.63) is 36.2 Å². The van der Waals surface area contributed by atoms with Crippen LogP contribution in [0, 0.1) is 0 Å². The predicted molar refractivity (Wildman–Crippen MR) is 52.2 cm³/mol. The highest BCUT2D eigenvalue weighted by molar-refractivity contribution is 5.71. The van der Waals surface area contributed by atoms with Crippen molar-refractivity contribution >= 4 is 5.57 Å². The van der Waals surface area contributed by atoms with E-state index < -0.39 is 0 Å². The van der Waals surface area contributed by atoms with Crippen LogP contribution in [0.25, 0.3) is 5.57 Å². The van der Waals surface area contributed by atoms with Gasteiger partial charge in [-0.3, -0.25) is 4.98 Å². The largest absolute Gasteiger partial charge is 0.304 e. The van der Waals surface area contributed by atoms with E-state index in [4.69, 9.17) is 0 Å². The Labute approximate surface area is 77.7 Å². The van der Waals surface area contributed by atoms with Crippen molar-refractivity contribution in [3.63, 3.8) is 0 Å². The molecule has 3 rings (SSSR count). The zero-order valence-corrected chi connectivity index (χ0v) is 7.40. The van der Waals surface area contributed by atoms with Gasteiger partial charge in [0.25, 0.3) is 0 Å². The Morgan fingerprint density at radius 2 is 2.31 bits per heavy atom. The van der Waals surface area contributed by atoms with Crippen molar-refractivity contribution in [1.82, 2.24) is 10.3 Å². The maximum atomic E-state index is 4.37. The lowest BCUT2D eigenvalue weighted by Crippen LogP contribution is -2.21. The second-order valence-corrected chi connectivity index (χ2v) is 3.74. The number of rotatable bonds is 1. The minimum Gasteiger partial charge on any atom is -0.304 e. The minimum absolute atomic E-state index is 0.569. The van der Waals surface area contributed by atoms with Crippen LogP contribution < -0.4 is 5.32 Å². The van der Waals surface area contributed by atoms with Crippen LogP contribution in [0.3, 0.4) is 0 Å². The molecular weight excluding hydrogens is 160 g/mol. The van der Waals surface area contributed by atoms with E-state index >= 15 is 0 Å². The number of hydrogen-bond donors (Lipinski definition) is 1. The molecule has 0 unspecified atom stereocenters. The van der Waals surface area contributed by atoms with Gasteiger partial charge in [-0.1, -0.05) is 12.1 Å². The van der Waals surface area contributed by atoms with E-state index in [0.29, 0.717) is 12.1 Å². The molecule has 0 amide bonds. The van der Waals surface area contributed by atoms with Crippen molar-refractivity contribution < 1.29 is 0 Å². The summed E-state index contributed by atoms with van der Waals surface area (Å²) in [5.41, 5.74) is 2.54. The Bertz CT molecular complexity index is 342. The van der Waals surface area contributed by atoms with Gasteiger partial charge in [0.05, 0.1) is 5.69 Å². The van der Waals surface area contributed by atoms with Crippen molar-refractivity contribution in [2.24, 2.45) is 0 Å². The lowest BCUT2D eigenvalue weighted by Gasteiger charge is -2.10. The molecule has 0 aromatic carbocycles. The number of aromatic nitrogens is 1. The molecule has 1 fully saturated rings. The zero-order valence-electron chi connectivity index (χ0n) is 7.40. The van der Waals surface area contributed by atoms with Gasteiger partial charge in [0.1, 0.15) is 0 Å². The Balaban J connectivity index is 1.99. The molecule has 1 saturated heterocycles. The fourth-order valence-corrected chi connectivity index (χ4v) is 2.28. The number of pyridine rings is 1. The maximum Gasteiger partial charge on any atom is 0.0674 e. The van der Waals surface area contributed by atoms with Gasteiger partial charge >= 0.3 is 0 Å². The van der Waals surface area contributed by atoms with E-state index in [1.807, 2.05) is 12.3 Å². The number of nitrogens with zero attached hydrogens (tertiary/aromatic N) is 1. The molecule has 0 spiro atoms. The first-order valence-electron chi connectivity index (χ1n) is 4.83. The SMILES string of the molecule is C1=C(c2ccccn2)[C@@H]2CC[C@H]1N2. The van der Waals surface area contributed by atoms with Gasteiger partial charge in [0.2, 0.25) is 0 Å². The van der Waals surface area contributed by atoms with Gasteiger partial charge in [-0.2, -0.15) is 0 Å². The second-order valence-electron chi connectivity index (χ2n) is 3.74. The van der Waals surface area contributed by atoms with Crippen molar-refractivity contribution in [2.75, 3.05) is 0 Å². The Hall–Kier alpha value is -1.15. The van der Waals surface area contributed by atoms with E-state index in [-0.39, 0.29) is 0 Å². The fourth-order valence-electron chi connectivity index (χ4n) is 2.28. The van der Waals surface area contributed by atoms with E-state index in [0.717, 1.165) is 5.69 Å². The minimum atomic E-state index is 0.569. The molecule has 3 heterocycles. The monoisotopic (exact) mass is 172 g/mol. The zero-order chi connectivity index (χ0) is 8.67. The Morgan fingerprint density at radius 1 is 1.31 bits per heavy atom. The molecule has 66 valence electrons. The van der Waals surface area contributed by atoms with E-state index in [1.54, 1.807) is 0 Å². The lowest BCUT2D eigenvalue weighted by atomic mass is 9.97. The first kappa shape index (κ1) is 7.27. The van der Waals surface area contributed by atoms with Gasteiger partial charge in [0, 0.05) is 18.3 Å². The van der Waals surface area contributed by atoms with Crippen LogP contribution in [-0.2, 0) is 0 Å². The molecule has 0 aliphatic carbocycles. The first-order chi connectivity index (χ1) is 6.43. The molecule has 2 bridgehead atoms. The summed E-state index contributed by atoms with van der Waals surface area (Å²) < 4.78 is 0. The summed E-state index contributed by atoms with van der Waals surface area (Å²) >= 11 is 0. The van der Waals surface area contributed by atoms with E-state index in [9.17, 15) is 0 Å². The average Bonchev–Trinajstić information content (AvgIpc) is 2.80. The summed E-state index contributed by atoms with van der Waals surface area (Å²) in [6.45, 7) is 0. The van der Waals surface area contributed by atoms with Crippen LogP contribution in [0.2, 0.25) is 0 Å². The molecular formula is C11H12N2. The molecule has 1 N–H and O–H groups in total. The normalized spacial score (nSPS) is 30.6. The van der Waals surface area contributed by atoms with Crippen molar-refractivity contribution in [1.29, 1.82) is 0 Å². The molecule has 2 nitrogen and oxygen atoms in total. The van der Waals surface area contributed by atoms with E-state index in [2.05, 4.69) is 28.5 Å². The molecule has 0 saturated carbocycles. The van der Waals surface area contributed by atoms with E-state index in [1.165, 1.54) is 18.4 Å².